The van der Waals surface area contributed by atoms with Crippen molar-refractivity contribution in [2.45, 2.75) is 20.0 Å². The fourth-order valence-corrected chi connectivity index (χ4v) is 2.23. The number of amides is 1. The van der Waals surface area contributed by atoms with E-state index in [1.807, 2.05) is 32.0 Å². The molecule has 1 aromatic carbocycles. The second kappa shape index (κ2) is 4.85. The monoisotopic (exact) mass is 235 g/mol. The summed E-state index contributed by atoms with van der Waals surface area (Å²) in [6.45, 7) is 4.71. The number of para-hydroxylation sites is 1. The summed E-state index contributed by atoms with van der Waals surface area (Å²) >= 11 is 0. The van der Waals surface area contributed by atoms with Crippen molar-refractivity contribution >= 4 is 11.6 Å². The van der Waals surface area contributed by atoms with Crippen molar-refractivity contribution in [3.05, 3.63) is 29.3 Å². The Balaban J connectivity index is 2.36. The molecule has 0 spiro atoms. The summed E-state index contributed by atoms with van der Waals surface area (Å²) in [7, 11) is 0. The molecule has 0 bridgehead atoms. The van der Waals surface area contributed by atoms with E-state index in [1.54, 1.807) is 4.90 Å². The van der Waals surface area contributed by atoms with Gasteiger partial charge in [0.25, 0.3) is 5.91 Å². The highest BCUT2D eigenvalue weighted by Crippen LogP contribution is 2.26. The van der Waals surface area contributed by atoms with Gasteiger partial charge in [-0.15, -0.1) is 0 Å². The summed E-state index contributed by atoms with van der Waals surface area (Å²) in [6, 6.07) is 5.95. The minimum atomic E-state index is -0.720. The maximum atomic E-state index is 12.1. The van der Waals surface area contributed by atoms with Gasteiger partial charge in [-0.3, -0.25) is 4.79 Å². The molecule has 0 radical (unpaired) electrons. The van der Waals surface area contributed by atoms with E-state index < -0.39 is 6.10 Å². The van der Waals surface area contributed by atoms with Crippen LogP contribution in [0.5, 0.6) is 0 Å². The Hall–Kier alpha value is -1.39. The number of carbonyl (C=O) groups is 1. The van der Waals surface area contributed by atoms with Crippen molar-refractivity contribution in [3.63, 3.8) is 0 Å². The molecule has 0 aromatic heterocycles. The summed E-state index contributed by atoms with van der Waals surface area (Å²) in [5.41, 5.74) is 3.08. The van der Waals surface area contributed by atoms with Crippen LogP contribution in [0.1, 0.15) is 11.1 Å². The Morgan fingerprint density at radius 2 is 2.06 bits per heavy atom. The molecule has 0 aliphatic carbocycles. The summed E-state index contributed by atoms with van der Waals surface area (Å²) in [4.78, 5) is 13.8. The first-order valence-electron chi connectivity index (χ1n) is 5.75. The molecule has 17 heavy (non-hydrogen) atoms. The standard InChI is InChI=1S/C13H17NO3/c1-9-4-3-5-10(2)12(9)14-6-7-17-11(8-15)13(14)16/h3-5,11,15H,6-8H2,1-2H3. The van der Waals surface area contributed by atoms with Gasteiger partial charge in [-0.2, -0.15) is 0 Å². The average Bonchev–Trinajstić information content (AvgIpc) is 2.31. The Morgan fingerprint density at radius 1 is 1.41 bits per heavy atom. The lowest BCUT2D eigenvalue weighted by molar-refractivity contribution is -0.136. The Bertz CT molecular complexity index is 410. The van der Waals surface area contributed by atoms with Gasteiger partial charge in [-0.25, -0.2) is 0 Å². The molecule has 4 nitrogen and oxygen atoms in total. The number of morpholine rings is 1. The summed E-state index contributed by atoms with van der Waals surface area (Å²) in [6.07, 6.45) is -0.720. The molecule has 1 atom stereocenters. The van der Waals surface area contributed by atoms with Crippen LogP contribution in [0.2, 0.25) is 0 Å². The van der Waals surface area contributed by atoms with Crippen LogP contribution in [0.4, 0.5) is 5.69 Å². The summed E-state index contributed by atoms with van der Waals surface area (Å²) in [5.74, 6) is -0.156. The Labute approximate surface area is 101 Å². The van der Waals surface area contributed by atoms with Gasteiger partial charge in [0.15, 0.2) is 6.10 Å². The van der Waals surface area contributed by atoms with Gasteiger partial charge in [0.1, 0.15) is 0 Å². The normalized spacial score (nSPS) is 20.8. The van der Waals surface area contributed by atoms with E-state index in [2.05, 4.69) is 0 Å². The van der Waals surface area contributed by atoms with Crippen LogP contribution < -0.4 is 4.90 Å². The molecule has 1 aliphatic heterocycles. The number of aliphatic hydroxyl groups excluding tert-OH is 1. The first-order chi connectivity index (χ1) is 8.15. The fraction of sp³-hybridized carbons (Fsp3) is 0.462. The van der Waals surface area contributed by atoms with E-state index in [0.29, 0.717) is 13.2 Å². The topological polar surface area (TPSA) is 49.8 Å². The third-order valence-corrected chi connectivity index (χ3v) is 3.05. The van der Waals surface area contributed by atoms with Crippen LogP contribution >= 0.6 is 0 Å². The molecule has 1 amide bonds. The van der Waals surface area contributed by atoms with E-state index in [4.69, 9.17) is 9.84 Å². The van der Waals surface area contributed by atoms with E-state index >= 15 is 0 Å². The molecule has 0 saturated carbocycles. The van der Waals surface area contributed by atoms with Crippen LogP contribution in [-0.4, -0.2) is 36.9 Å². The fourth-order valence-electron chi connectivity index (χ4n) is 2.23. The third kappa shape index (κ3) is 2.18. The van der Waals surface area contributed by atoms with Gasteiger partial charge >= 0.3 is 0 Å². The van der Waals surface area contributed by atoms with Gasteiger partial charge in [0, 0.05) is 12.2 Å². The largest absolute Gasteiger partial charge is 0.393 e. The molecule has 1 saturated heterocycles. The first-order valence-corrected chi connectivity index (χ1v) is 5.75. The van der Waals surface area contributed by atoms with Gasteiger partial charge < -0.3 is 14.7 Å². The minimum absolute atomic E-state index is 0.156. The average molecular weight is 235 g/mol. The second-order valence-electron chi connectivity index (χ2n) is 4.27. The highest BCUT2D eigenvalue weighted by Gasteiger charge is 2.31. The molecule has 1 aromatic rings. The molecular weight excluding hydrogens is 218 g/mol. The highest BCUT2D eigenvalue weighted by molar-refractivity contribution is 5.98. The van der Waals surface area contributed by atoms with Crippen LogP contribution in [0.15, 0.2) is 18.2 Å². The van der Waals surface area contributed by atoms with E-state index in [0.717, 1.165) is 16.8 Å². The molecule has 1 heterocycles. The summed E-state index contributed by atoms with van der Waals surface area (Å²) in [5, 5.41) is 9.09. The number of aliphatic hydroxyl groups is 1. The number of hydrogen-bond acceptors (Lipinski definition) is 3. The SMILES string of the molecule is Cc1cccc(C)c1N1CCOC(CO)C1=O. The van der Waals surface area contributed by atoms with E-state index in [1.165, 1.54) is 0 Å². The predicted octanol–water partition coefficient (Wildman–Crippen LogP) is 1.03. The molecule has 1 unspecified atom stereocenters. The smallest absolute Gasteiger partial charge is 0.258 e. The van der Waals surface area contributed by atoms with Crippen molar-refractivity contribution in [2.75, 3.05) is 24.7 Å². The molecular formula is C13H17NO3. The van der Waals surface area contributed by atoms with Crippen LogP contribution in [0.25, 0.3) is 0 Å². The van der Waals surface area contributed by atoms with E-state index in [9.17, 15) is 4.79 Å². The molecule has 92 valence electrons. The predicted molar refractivity (Wildman–Crippen MR) is 65.1 cm³/mol. The van der Waals surface area contributed by atoms with Gasteiger partial charge in [0.2, 0.25) is 0 Å². The molecule has 4 heteroatoms. The summed E-state index contributed by atoms with van der Waals surface area (Å²) < 4.78 is 5.23. The van der Waals surface area contributed by atoms with Crippen molar-refractivity contribution < 1.29 is 14.6 Å². The number of benzene rings is 1. The molecule has 1 N–H and O–H groups in total. The minimum Gasteiger partial charge on any atom is -0.393 e. The lowest BCUT2D eigenvalue weighted by Gasteiger charge is -2.33. The van der Waals surface area contributed by atoms with Gasteiger partial charge in [-0.1, -0.05) is 18.2 Å². The number of aryl methyl sites for hydroxylation is 2. The van der Waals surface area contributed by atoms with Crippen molar-refractivity contribution in [3.8, 4) is 0 Å². The number of anilines is 1. The quantitative estimate of drug-likeness (QED) is 0.833. The Kier molecular flexibility index (Phi) is 3.45. The Morgan fingerprint density at radius 3 is 2.65 bits per heavy atom. The lowest BCUT2D eigenvalue weighted by atomic mass is 10.1. The lowest BCUT2D eigenvalue weighted by Crippen LogP contribution is -2.49. The van der Waals surface area contributed by atoms with Crippen LogP contribution in [0.3, 0.4) is 0 Å². The van der Waals surface area contributed by atoms with Crippen molar-refractivity contribution in [1.82, 2.24) is 0 Å². The van der Waals surface area contributed by atoms with E-state index in [-0.39, 0.29) is 12.5 Å². The van der Waals surface area contributed by atoms with Gasteiger partial charge in [-0.05, 0) is 25.0 Å². The molecule has 1 fully saturated rings. The first kappa shape index (κ1) is 12.1. The zero-order valence-corrected chi connectivity index (χ0v) is 10.1. The van der Waals surface area contributed by atoms with Crippen LogP contribution in [0, 0.1) is 13.8 Å². The zero-order chi connectivity index (χ0) is 12.4. The van der Waals surface area contributed by atoms with Gasteiger partial charge in [0.05, 0.1) is 13.2 Å². The maximum absolute atomic E-state index is 12.1. The number of nitrogens with zero attached hydrogens (tertiary/aromatic N) is 1. The third-order valence-electron chi connectivity index (χ3n) is 3.05. The molecule has 1 aliphatic rings. The maximum Gasteiger partial charge on any atom is 0.258 e. The highest BCUT2D eigenvalue weighted by atomic mass is 16.5. The zero-order valence-electron chi connectivity index (χ0n) is 10.1. The molecule has 2 rings (SSSR count). The van der Waals surface area contributed by atoms with Crippen molar-refractivity contribution in [1.29, 1.82) is 0 Å². The second-order valence-corrected chi connectivity index (χ2v) is 4.27. The van der Waals surface area contributed by atoms with Crippen LogP contribution in [-0.2, 0) is 9.53 Å². The van der Waals surface area contributed by atoms with Crippen molar-refractivity contribution in [2.24, 2.45) is 0 Å². The number of rotatable bonds is 2. The number of ether oxygens (including phenoxy) is 1. The number of carbonyl (C=O) groups excluding carboxylic acids is 1. The number of hydrogen-bond donors (Lipinski definition) is 1.